The van der Waals surface area contributed by atoms with Crippen LogP contribution in [0, 0.1) is 0 Å². The molecule has 2 rings (SSSR count). The smallest absolute Gasteiger partial charge is 0.221 e. The number of hydrogen-bond acceptors (Lipinski definition) is 3. The average molecular weight is 234 g/mol. The van der Waals surface area contributed by atoms with Crippen molar-refractivity contribution < 1.29 is 9.90 Å². The standard InChI is InChI=1S/C13H18N2O2/c1-10(16)14-13-5-3-2-4-11(13)8-15-7-6-12(17)9-15/h2-5,12,17H,6-9H2,1H3,(H,14,16)/t12-/m1/s1. The Morgan fingerprint density at radius 2 is 2.29 bits per heavy atom. The molecular formula is C13H18N2O2. The summed E-state index contributed by atoms with van der Waals surface area (Å²) < 4.78 is 0. The van der Waals surface area contributed by atoms with Crippen LogP contribution in [0.1, 0.15) is 18.9 Å². The number of amides is 1. The zero-order chi connectivity index (χ0) is 12.3. The van der Waals surface area contributed by atoms with Crippen molar-refractivity contribution in [1.29, 1.82) is 0 Å². The molecular weight excluding hydrogens is 216 g/mol. The first-order valence-corrected chi connectivity index (χ1v) is 5.91. The summed E-state index contributed by atoms with van der Waals surface area (Å²) in [6, 6.07) is 7.79. The molecule has 0 radical (unpaired) electrons. The van der Waals surface area contributed by atoms with Gasteiger partial charge in [0.2, 0.25) is 5.91 Å². The van der Waals surface area contributed by atoms with Crippen molar-refractivity contribution in [2.24, 2.45) is 0 Å². The molecule has 1 amide bonds. The summed E-state index contributed by atoms with van der Waals surface area (Å²) in [5.41, 5.74) is 1.96. The average Bonchev–Trinajstić information content (AvgIpc) is 2.66. The summed E-state index contributed by atoms with van der Waals surface area (Å²) in [5.74, 6) is -0.0566. The van der Waals surface area contributed by atoms with Gasteiger partial charge in [-0.2, -0.15) is 0 Å². The summed E-state index contributed by atoms with van der Waals surface area (Å²) in [4.78, 5) is 13.3. The highest BCUT2D eigenvalue weighted by Crippen LogP contribution is 2.19. The van der Waals surface area contributed by atoms with Gasteiger partial charge in [-0.05, 0) is 18.1 Å². The third-order valence-corrected chi connectivity index (χ3v) is 2.97. The normalized spacial score (nSPS) is 20.5. The molecule has 1 aromatic rings. The molecule has 4 nitrogen and oxygen atoms in total. The Labute approximate surface area is 101 Å². The fourth-order valence-corrected chi connectivity index (χ4v) is 2.17. The number of likely N-dealkylation sites (tertiary alicyclic amines) is 1. The maximum atomic E-state index is 11.1. The number of nitrogens with one attached hydrogen (secondary N) is 1. The molecule has 17 heavy (non-hydrogen) atoms. The molecule has 1 saturated heterocycles. The number of β-amino-alcohol motifs (C(OH)–C–C–N with tert-alkyl or cyclic N) is 1. The van der Waals surface area contributed by atoms with E-state index in [0.29, 0.717) is 6.54 Å². The highest BCUT2D eigenvalue weighted by Gasteiger charge is 2.20. The van der Waals surface area contributed by atoms with Gasteiger partial charge in [0.05, 0.1) is 6.10 Å². The quantitative estimate of drug-likeness (QED) is 0.826. The van der Waals surface area contributed by atoms with E-state index in [9.17, 15) is 9.90 Å². The molecule has 1 aliphatic heterocycles. The molecule has 2 N–H and O–H groups in total. The molecule has 0 spiro atoms. The summed E-state index contributed by atoms with van der Waals surface area (Å²) in [5, 5.41) is 12.3. The molecule has 1 fully saturated rings. The Kier molecular flexibility index (Phi) is 3.76. The van der Waals surface area contributed by atoms with Crippen LogP contribution in [-0.2, 0) is 11.3 Å². The van der Waals surface area contributed by atoms with Crippen molar-refractivity contribution in [1.82, 2.24) is 4.90 Å². The number of hydrogen-bond donors (Lipinski definition) is 2. The van der Waals surface area contributed by atoms with Crippen molar-refractivity contribution in [3.63, 3.8) is 0 Å². The number of carbonyl (C=O) groups is 1. The second kappa shape index (κ2) is 5.29. The molecule has 1 atom stereocenters. The van der Waals surface area contributed by atoms with Crippen molar-refractivity contribution in [2.75, 3.05) is 18.4 Å². The second-order valence-electron chi connectivity index (χ2n) is 4.52. The van der Waals surface area contributed by atoms with Gasteiger partial charge in [0.15, 0.2) is 0 Å². The highest BCUT2D eigenvalue weighted by molar-refractivity contribution is 5.89. The molecule has 0 saturated carbocycles. The number of nitrogens with zero attached hydrogens (tertiary/aromatic N) is 1. The van der Waals surface area contributed by atoms with Gasteiger partial charge in [-0.1, -0.05) is 18.2 Å². The molecule has 0 aliphatic carbocycles. The minimum Gasteiger partial charge on any atom is -0.392 e. The Morgan fingerprint density at radius 1 is 1.53 bits per heavy atom. The van der Waals surface area contributed by atoms with Crippen LogP contribution >= 0.6 is 0 Å². The van der Waals surface area contributed by atoms with Crippen LogP contribution in [0.2, 0.25) is 0 Å². The topological polar surface area (TPSA) is 52.6 Å². The fourth-order valence-electron chi connectivity index (χ4n) is 2.17. The van der Waals surface area contributed by atoms with E-state index < -0.39 is 0 Å². The van der Waals surface area contributed by atoms with E-state index in [4.69, 9.17) is 0 Å². The molecule has 0 unspecified atom stereocenters. The summed E-state index contributed by atoms with van der Waals surface area (Å²) in [6.07, 6.45) is 0.630. The number of benzene rings is 1. The molecule has 4 heteroatoms. The lowest BCUT2D eigenvalue weighted by Gasteiger charge is -2.17. The fraction of sp³-hybridized carbons (Fsp3) is 0.462. The Hall–Kier alpha value is -1.39. The maximum Gasteiger partial charge on any atom is 0.221 e. The zero-order valence-electron chi connectivity index (χ0n) is 10.0. The predicted molar refractivity (Wildman–Crippen MR) is 66.6 cm³/mol. The van der Waals surface area contributed by atoms with Crippen LogP contribution in [0.25, 0.3) is 0 Å². The predicted octanol–water partition coefficient (Wildman–Crippen LogP) is 1.21. The largest absolute Gasteiger partial charge is 0.392 e. The number of carbonyl (C=O) groups excluding carboxylic acids is 1. The number of para-hydroxylation sites is 1. The van der Waals surface area contributed by atoms with E-state index in [2.05, 4.69) is 10.2 Å². The van der Waals surface area contributed by atoms with E-state index in [-0.39, 0.29) is 12.0 Å². The number of rotatable bonds is 3. The Bertz CT molecular complexity index is 406. The van der Waals surface area contributed by atoms with Gasteiger partial charge in [-0.25, -0.2) is 0 Å². The number of anilines is 1. The Morgan fingerprint density at radius 3 is 2.94 bits per heavy atom. The SMILES string of the molecule is CC(=O)Nc1ccccc1CN1CC[C@@H](O)C1. The molecule has 0 bridgehead atoms. The third kappa shape index (κ3) is 3.28. The molecule has 92 valence electrons. The summed E-state index contributed by atoms with van der Waals surface area (Å²) in [6.45, 7) is 3.91. The van der Waals surface area contributed by atoms with Crippen molar-refractivity contribution in [3.05, 3.63) is 29.8 Å². The monoisotopic (exact) mass is 234 g/mol. The van der Waals surface area contributed by atoms with Gasteiger partial charge in [-0.3, -0.25) is 9.69 Å². The van der Waals surface area contributed by atoms with Gasteiger partial charge in [0.1, 0.15) is 0 Å². The van der Waals surface area contributed by atoms with E-state index in [1.54, 1.807) is 0 Å². The van der Waals surface area contributed by atoms with Crippen molar-refractivity contribution >= 4 is 11.6 Å². The van der Waals surface area contributed by atoms with Crippen molar-refractivity contribution in [3.8, 4) is 0 Å². The minimum absolute atomic E-state index is 0.0566. The van der Waals surface area contributed by atoms with E-state index >= 15 is 0 Å². The van der Waals surface area contributed by atoms with Gasteiger partial charge in [-0.15, -0.1) is 0 Å². The van der Waals surface area contributed by atoms with Crippen LogP contribution in [0.15, 0.2) is 24.3 Å². The second-order valence-corrected chi connectivity index (χ2v) is 4.52. The van der Waals surface area contributed by atoms with E-state index in [0.717, 1.165) is 30.8 Å². The first-order valence-electron chi connectivity index (χ1n) is 5.91. The van der Waals surface area contributed by atoms with Gasteiger partial charge in [0.25, 0.3) is 0 Å². The van der Waals surface area contributed by atoms with Crippen LogP contribution < -0.4 is 5.32 Å². The molecule has 1 aliphatic rings. The highest BCUT2D eigenvalue weighted by atomic mass is 16.3. The molecule has 1 heterocycles. The first kappa shape index (κ1) is 12.1. The lowest BCUT2D eigenvalue weighted by Crippen LogP contribution is -2.22. The van der Waals surface area contributed by atoms with Gasteiger partial charge < -0.3 is 10.4 Å². The summed E-state index contributed by atoms with van der Waals surface area (Å²) >= 11 is 0. The molecule has 0 aromatic heterocycles. The lowest BCUT2D eigenvalue weighted by molar-refractivity contribution is -0.114. The summed E-state index contributed by atoms with van der Waals surface area (Å²) in [7, 11) is 0. The number of aliphatic hydroxyl groups excluding tert-OH is 1. The molecule has 1 aromatic carbocycles. The van der Waals surface area contributed by atoms with Gasteiger partial charge in [0, 0.05) is 32.2 Å². The minimum atomic E-state index is -0.206. The van der Waals surface area contributed by atoms with E-state index in [1.807, 2.05) is 24.3 Å². The Balaban J connectivity index is 2.06. The van der Waals surface area contributed by atoms with E-state index in [1.165, 1.54) is 6.92 Å². The zero-order valence-corrected chi connectivity index (χ0v) is 10.0. The lowest BCUT2D eigenvalue weighted by atomic mass is 10.1. The number of aliphatic hydroxyl groups is 1. The van der Waals surface area contributed by atoms with Crippen LogP contribution in [0.4, 0.5) is 5.69 Å². The van der Waals surface area contributed by atoms with Crippen LogP contribution in [-0.4, -0.2) is 35.1 Å². The van der Waals surface area contributed by atoms with Gasteiger partial charge >= 0.3 is 0 Å². The third-order valence-electron chi connectivity index (χ3n) is 2.97. The van der Waals surface area contributed by atoms with Crippen LogP contribution in [0.5, 0.6) is 0 Å². The van der Waals surface area contributed by atoms with Crippen LogP contribution in [0.3, 0.4) is 0 Å². The first-order chi connectivity index (χ1) is 8.15. The maximum absolute atomic E-state index is 11.1. The van der Waals surface area contributed by atoms with Crippen molar-refractivity contribution in [2.45, 2.75) is 26.0 Å².